The topological polar surface area (TPSA) is 21.3 Å². The molecule has 0 aliphatic heterocycles. The monoisotopic (exact) mass is 299 g/mol. The van der Waals surface area contributed by atoms with Gasteiger partial charge in [0.25, 0.3) is 0 Å². The SMILES string of the molecule is COCCNC(C)C(C)Cc1ccccc1Br. The van der Waals surface area contributed by atoms with Gasteiger partial charge in [0.05, 0.1) is 6.61 Å². The minimum absolute atomic E-state index is 0.497. The van der Waals surface area contributed by atoms with Crippen molar-refractivity contribution < 1.29 is 4.74 Å². The summed E-state index contributed by atoms with van der Waals surface area (Å²) in [4.78, 5) is 0. The lowest BCUT2D eigenvalue weighted by molar-refractivity contribution is 0.192. The molecule has 0 amide bonds. The summed E-state index contributed by atoms with van der Waals surface area (Å²) >= 11 is 3.60. The zero-order valence-corrected chi connectivity index (χ0v) is 12.5. The van der Waals surface area contributed by atoms with Crippen molar-refractivity contribution in [3.05, 3.63) is 34.3 Å². The zero-order valence-electron chi connectivity index (χ0n) is 10.9. The normalized spacial score (nSPS) is 14.6. The van der Waals surface area contributed by atoms with Gasteiger partial charge in [-0.15, -0.1) is 0 Å². The molecule has 0 aliphatic rings. The van der Waals surface area contributed by atoms with Crippen LogP contribution in [-0.2, 0) is 11.2 Å². The van der Waals surface area contributed by atoms with Crippen LogP contribution in [0.1, 0.15) is 19.4 Å². The van der Waals surface area contributed by atoms with Gasteiger partial charge in [-0.25, -0.2) is 0 Å². The van der Waals surface area contributed by atoms with Gasteiger partial charge < -0.3 is 10.1 Å². The highest BCUT2D eigenvalue weighted by molar-refractivity contribution is 9.10. The molecule has 1 rings (SSSR count). The Morgan fingerprint density at radius 1 is 1.29 bits per heavy atom. The molecule has 0 spiro atoms. The first kappa shape index (κ1) is 14.7. The highest BCUT2D eigenvalue weighted by atomic mass is 79.9. The summed E-state index contributed by atoms with van der Waals surface area (Å²) in [7, 11) is 1.73. The quantitative estimate of drug-likeness (QED) is 0.781. The Kier molecular flexibility index (Phi) is 6.78. The molecule has 17 heavy (non-hydrogen) atoms. The highest BCUT2D eigenvalue weighted by Crippen LogP contribution is 2.20. The third kappa shape index (κ3) is 5.19. The van der Waals surface area contributed by atoms with Gasteiger partial charge in [-0.05, 0) is 30.9 Å². The Bertz CT molecular complexity index is 330. The van der Waals surface area contributed by atoms with E-state index < -0.39 is 0 Å². The maximum absolute atomic E-state index is 5.04. The number of methoxy groups -OCH3 is 1. The lowest BCUT2D eigenvalue weighted by Crippen LogP contribution is -2.35. The molecule has 0 radical (unpaired) electrons. The van der Waals surface area contributed by atoms with E-state index in [1.165, 1.54) is 10.0 Å². The summed E-state index contributed by atoms with van der Waals surface area (Å²) < 4.78 is 6.24. The van der Waals surface area contributed by atoms with Gasteiger partial charge in [-0.2, -0.15) is 0 Å². The molecule has 0 fully saturated rings. The van der Waals surface area contributed by atoms with E-state index in [9.17, 15) is 0 Å². The number of ether oxygens (including phenoxy) is 1. The van der Waals surface area contributed by atoms with E-state index in [4.69, 9.17) is 4.74 Å². The molecule has 2 unspecified atom stereocenters. The predicted octanol–water partition coefficient (Wildman–Crippen LogP) is 3.25. The number of benzene rings is 1. The van der Waals surface area contributed by atoms with Crippen molar-refractivity contribution >= 4 is 15.9 Å². The summed E-state index contributed by atoms with van der Waals surface area (Å²) in [5, 5.41) is 3.48. The van der Waals surface area contributed by atoms with Gasteiger partial charge in [-0.3, -0.25) is 0 Å². The second-order valence-corrected chi connectivity index (χ2v) is 5.36. The lowest BCUT2D eigenvalue weighted by atomic mass is 9.95. The number of nitrogens with one attached hydrogen (secondary N) is 1. The fourth-order valence-electron chi connectivity index (χ4n) is 1.78. The Morgan fingerprint density at radius 3 is 2.65 bits per heavy atom. The second-order valence-electron chi connectivity index (χ2n) is 4.51. The van der Waals surface area contributed by atoms with Gasteiger partial charge in [0.1, 0.15) is 0 Å². The molecule has 96 valence electrons. The lowest BCUT2D eigenvalue weighted by Gasteiger charge is -2.21. The van der Waals surface area contributed by atoms with Crippen LogP contribution in [0.2, 0.25) is 0 Å². The Balaban J connectivity index is 2.43. The molecule has 1 aromatic rings. The summed E-state index contributed by atoms with van der Waals surface area (Å²) in [6.45, 7) is 6.20. The molecule has 1 aromatic carbocycles. The number of hydrogen-bond donors (Lipinski definition) is 1. The third-order valence-electron chi connectivity index (χ3n) is 3.13. The van der Waals surface area contributed by atoms with Crippen LogP contribution < -0.4 is 5.32 Å². The van der Waals surface area contributed by atoms with Gasteiger partial charge in [0.2, 0.25) is 0 Å². The van der Waals surface area contributed by atoms with E-state index in [-0.39, 0.29) is 0 Å². The predicted molar refractivity (Wildman–Crippen MR) is 76.4 cm³/mol. The number of halogens is 1. The largest absolute Gasteiger partial charge is 0.383 e. The molecule has 0 saturated carbocycles. The van der Waals surface area contributed by atoms with E-state index >= 15 is 0 Å². The summed E-state index contributed by atoms with van der Waals surface area (Å²) in [5.74, 6) is 0.602. The van der Waals surface area contributed by atoms with E-state index in [2.05, 4.69) is 59.4 Å². The molecule has 0 heterocycles. The molecular formula is C14H22BrNO. The van der Waals surface area contributed by atoms with Crippen LogP contribution in [0.25, 0.3) is 0 Å². The van der Waals surface area contributed by atoms with Gasteiger partial charge in [0.15, 0.2) is 0 Å². The van der Waals surface area contributed by atoms with Gasteiger partial charge in [-0.1, -0.05) is 41.1 Å². The minimum Gasteiger partial charge on any atom is -0.383 e. The molecule has 0 aliphatic carbocycles. The molecule has 0 saturated heterocycles. The molecular weight excluding hydrogens is 278 g/mol. The summed E-state index contributed by atoms with van der Waals surface area (Å²) in [6.07, 6.45) is 1.09. The van der Waals surface area contributed by atoms with Crippen molar-refractivity contribution in [1.29, 1.82) is 0 Å². The Labute approximate surface area is 113 Å². The van der Waals surface area contributed by atoms with Crippen LogP contribution in [0.5, 0.6) is 0 Å². The van der Waals surface area contributed by atoms with E-state index in [1.807, 2.05) is 0 Å². The Morgan fingerprint density at radius 2 is 2.00 bits per heavy atom. The molecule has 0 aromatic heterocycles. The first-order valence-electron chi connectivity index (χ1n) is 6.11. The first-order chi connectivity index (χ1) is 8.15. The first-order valence-corrected chi connectivity index (χ1v) is 6.90. The van der Waals surface area contributed by atoms with Crippen LogP contribution in [-0.4, -0.2) is 26.3 Å². The maximum Gasteiger partial charge on any atom is 0.0587 e. The average molecular weight is 300 g/mol. The third-order valence-corrected chi connectivity index (χ3v) is 3.90. The summed E-state index contributed by atoms with van der Waals surface area (Å²) in [6, 6.07) is 8.93. The van der Waals surface area contributed by atoms with Crippen molar-refractivity contribution in [2.45, 2.75) is 26.3 Å². The van der Waals surface area contributed by atoms with Crippen LogP contribution in [0.15, 0.2) is 28.7 Å². The second kappa shape index (κ2) is 7.85. The minimum atomic E-state index is 0.497. The number of rotatable bonds is 7. The fourth-order valence-corrected chi connectivity index (χ4v) is 2.22. The molecule has 3 heteroatoms. The molecule has 2 atom stereocenters. The van der Waals surface area contributed by atoms with Crippen molar-refractivity contribution in [3.8, 4) is 0 Å². The molecule has 2 nitrogen and oxygen atoms in total. The fraction of sp³-hybridized carbons (Fsp3) is 0.571. The van der Waals surface area contributed by atoms with Crippen molar-refractivity contribution in [2.75, 3.05) is 20.3 Å². The van der Waals surface area contributed by atoms with Crippen LogP contribution >= 0.6 is 15.9 Å². The van der Waals surface area contributed by atoms with Crippen LogP contribution in [0.3, 0.4) is 0 Å². The Hall–Kier alpha value is -0.380. The highest BCUT2D eigenvalue weighted by Gasteiger charge is 2.13. The van der Waals surface area contributed by atoms with Crippen molar-refractivity contribution in [3.63, 3.8) is 0 Å². The van der Waals surface area contributed by atoms with Gasteiger partial charge >= 0.3 is 0 Å². The van der Waals surface area contributed by atoms with Crippen LogP contribution in [0.4, 0.5) is 0 Å². The molecule has 0 bridgehead atoms. The van der Waals surface area contributed by atoms with E-state index in [0.29, 0.717) is 12.0 Å². The zero-order chi connectivity index (χ0) is 12.7. The standard InChI is InChI=1S/C14H22BrNO/c1-11(12(2)16-8-9-17-3)10-13-6-4-5-7-14(13)15/h4-7,11-12,16H,8-10H2,1-3H3. The average Bonchev–Trinajstić information content (AvgIpc) is 2.32. The van der Waals surface area contributed by atoms with Crippen molar-refractivity contribution in [2.24, 2.45) is 5.92 Å². The maximum atomic E-state index is 5.04. The van der Waals surface area contributed by atoms with E-state index in [0.717, 1.165) is 19.6 Å². The van der Waals surface area contributed by atoms with Crippen molar-refractivity contribution in [1.82, 2.24) is 5.32 Å². The van der Waals surface area contributed by atoms with E-state index in [1.54, 1.807) is 7.11 Å². The summed E-state index contributed by atoms with van der Waals surface area (Å²) in [5.41, 5.74) is 1.38. The smallest absolute Gasteiger partial charge is 0.0587 e. The molecule has 1 N–H and O–H groups in total. The number of hydrogen-bond acceptors (Lipinski definition) is 2. The van der Waals surface area contributed by atoms with Gasteiger partial charge in [0, 0.05) is 24.2 Å². The van der Waals surface area contributed by atoms with Crippen LogP contribution in [0, 0.1) is 5.92 Å².